The Hall–Kier alpha value is -1.98. The molecule has 174 valence electrons. The lowest BCUT2D eigenvalue weighted by Gasteiger charge is -2.50. The van der Waals surface area contributed by atoms with Crippen LogP contribution >= 0.6 is 22.9 Å². The molecular formula is C20H20ClF4N3O3S. The molecule has 2 atom stereocenters. The first-order valence-electron chi connectivity index (χ1n) is 9.87. The van der Waals surface area contributed by atoms with Crippen LogP contribution in [0.3, 0.4) is 0 Å². The second-order valence-electron chi connectivity index (χ2n) is 8.06. The zero-order chi connectivity index (χ0) is 23.3. The number of hydrogen-bond donors (Lipinski definition) is 0. The fourth-order valence-corrected chi connectivity index (χ4v) is 5.14. The monoisotopic (exact) mass is 493 g/mol. The van der Waals surface area contributed by atoms with Gasteiger partial charge in [0.15, 0.2) is 0 Å². The van der Waals surface area contributed by atoms with Crippen molar-refractivity contribution in [3.63, 3.8) is 0 Å². The Labute approximate surface area is 189 Å². The van der Waals surface area contributed by atoms with Crippen molar-refractivity contribution in [1.82, 2.24) is 9.78 Å². The Morgan fingerprint density at radius 3 is 2.75 bits per heavy atom. The van der Waals surface area contributed by atoms with Crippen LogP contribution in [0.5, 0.6) is 5.75 Å². The van der Waals surface area contributed by atoms with Gasteiger partial charge in [-0.2, -0.15) is 27.7 Å². The average Bonchev–Trinajstić information content (AvgIpc) is 3.38. The molecule has 12 heteroatoms. The summed E-state index contributed by atoms with van der Waals surface area (Å²) in [5.74, 6) is -8.88. The number of carbonyl (C=O) groups excluding carboxylic acids is 1. The third-order valence-electron chi connectivity index (χ3n) is 5.81. The molecule has 1 aliphatic heterocycles. The third kappa shape index (κ3) is 3.73. The maximum Gasteiger partial charge on any atom is 0.322 e. The number of alkyl halides is 4. The van der Waals surface area contributed by atoms with Gasteiger partial charge in [-0.25, -0.2) is 4.68 Å². The fourth-order valence-electron chi connectivity index (χ4n) is 3.88. The molecule has 0 spiro atoms. The summed E-state index contributed by atoms with van der Waals surface area (Å²) >= 11 is 6.67. The molecule has 1 aliphatic carbocycles. The van der Waals surface area contributed by atoms with Crippen LogP contribution in [-0.2, 0) is 16.7 Å². The largest absolute Gasteiger partial charge is 0.496 e. The highest BCUT2D eigenvalue weighted by molar-refractivity contribution is 7.09. The van der Waals surface area contributed by atoms with Crippen molar-refractivity contribution >= 4 is 28.8 Å². The number of methoxy groups -OCH3 is 1. The molecule has 0 radical (unpaired) electrons. The van der Waals surface area contributed by atoms with Crippen LogP contribution in [0.1, 0.15) is 41.6 Å². The summed E-state index contributed by atoms with van der Waals surface area (Å²) in [6.07, 6.45) is 0.266. The van der Waals surface area contributed by atoms with Crippen LogP contribution < -0.4 is 9.54 Å². The van der Waals surface area contributed by atoms with E-state index in [1.165, 1.54) is 23.9 Å². The fraction of sp³-hybridized carbons (Fsp3) is 0.550. The zero-order valence-corrected chi connectivity index (χ0v) is 18.8. The van der Waals surface area contributed by atoms with Gasteiger partial charge in [-0.05, 0) is 38.0 Å². The Morgan fingerprint density at radius 2 is 2.16 bits per heavy atom. The van der Waals surface area contributed by atoms with Gasteiger partial charge in [-0.1, -0.05) is 22.9 Å². The number of nitrogens with zero attached hydrogens (tertiary/aromatic N) is 3. The van der Waals surface area contributed by atoms with E-state index in [9.17, 15) is 22.4 Å². The van der Waals surface area contributed by atoms with Gasteiger partial charge in [0.25, 0.3) is 5.91 Å². The minimum atomic E-state index is -4.27. The number of benzene rings is 1. The molecular weight excluding hydrogens is 474 g/mol. The summed E-state index contributed by atoms with van der Waals surface area (Å²) in [6.45, 7) is 1.76. The van der Waals surface area contributed by atoms with E-state index in [-0.39, 0.29) is 38.8 Å². The molecule has 6 nitrogen and oxygen atoms in total. The number of amides is 1. The predicted molar refractivity (Wildman–Crippen MR) is 109 cm³/mol. The molecule has 1 amide bonds. The SMILES string of the molecule is COc1ccc(Cl)cc1C(=O)N=c1sc(C2(C)CC(F)(F)C2(F)F)nn1C[C@H]1CCCO1. The van der Waals surface area contributed by atoms with Crippen LogP contribution in [0, 0.1) is 0 Å². The first-order valence-corrected chi connectivity index (χ1v) is 11.1. The lowest BCUT2D eigenvalue weighted by atomic mass is 9.64. The lowest BCUT2D eigenvalue weighted by molar-refractivity contribution is -0.323. The summed E-state index contributed by atoms with van der Waals surface area (Å²) in [5.41, 5.74) is -2.09. The molecule has 2 aliphatic rings. The molecule has 0 bridgehead atoms. The van der Waals surface area contributed by atoms with E-state index in [1.54, 1.807) is 6.07 Å². The molecule has 4 rings (SSSR count). The van der Waals surface area contributed by atoms with Crippen molar-refractivity contribution in [2.24, 2.45) is 4.99 Å². The third-order valence-corrected chi connectivity index (χ3v) is 7.26. The Balaban J connectivity index is 1.77. The highest BCUT2D eigenvalue weighted by Crippen LogP contribution is 2.63. The number of halogens is 5. The number of ether oxygens (including phenoxy) is 2. The van der Waals surface area contributed by atoms with E-state index in [4.69, 9.17) is 21.1 Å². The molecule has 1 saturated carbocycles. The lowest BCUT2D eigenvalue weighted by Crippen LogP contribution is -2.67. The van der Waals surface area contributed by atoms with Gasteiger partial charge in [0, 0.05) is 18.1 Å². The minimum Gasteiger partial charge on any atom is -0.496 e. The first kappa shape index (κ1) is 23.2. The van der Waals surface area contributed by atoms with Gasteiger partial charge in [0.05, 0.1) is 30.7 Å². The average molecular weight is 494 g/mol. The van der Waals surface area contributed by atoms with Crippen LogP contribution in [0.25, 0.3) is 0 Å². The maximum absolute atomic E-state index is 14.3. The standard InChI is InChI=1S/C20H20ClF4N3O3S/c1-18(10-19(22,23)20(18,24)25)16-27-28(9-12-4-3-7-31-12)17(32-16)26-15(29)13-8-11(21)5-6-14(13)30-2/h5-6,8,12H,3-4,7,9-10H2,1-2H3/t12-,18?/m1/s1. The molecule has 1 aromatic heterocycles. The van der Waals surface area contributed by atoms with Crippen molar-refractivity contribution < 1.29 is 31.8 Å². The first-order chi connectivity index (χ1) is 15.0. The second-order valence-corrected chi connectivity index (χ2v) is 9.45. The van der Waals surface area contributed by atoms with Crippen molar-refractivity contribution in [3.8, 4) is 5.75 Å². The van der Waals surface area contributed by atoms with Gasteiger partial charge in [0.2, 0.25) is 4.80 Å². The highest BCUT2D eigenvalue weighted by atomic mass is 35.5. The Bertz CT molecular complexity index is 1110. The van der Waals surface area contributed by atoms with Crippen LogP contribution in [-0.4, -0.2) is 47.4 Å². The van der Waals surface area contributed by atoms with Crippen molar-refractivity contribution in [3.05, 3.63) is 38.6 Å². The van der Waals surface area contributed by atoms with Crippen LogP contribution in [0.2, 0.25) is 5.02 Å². The zero-order valence-electron chi connectivity index (χ0n) is 17.2. The predicted octanol–water partition coefficient (Wildman–Crippen LogP) is 4.46. The molecule has 2 heterocycles. The topological polar surface area (TPSA) is 65.7 Å². The van der Waals surface area contributed by atoms with Gasteiger partial charge in [-0.3, -0.25) is 4.79 Å². The quantitative estimate of drug-likeness (QED) is 0.577. The van der Waals surface area contributed by atoms with E-state index in [0.29, 0.717) is 17.9 Å². The number of aromatic nitrogens is 2. The van der Waals surface area contributed by atoms with Crippen molar-refractivity contribution in [2.45, 2.75) is 56.1 Å². The summed E-state index contributed by atoms with van der Waals surface area (Å²) in [4.78, 5) is 16.9. The molecule has 32 heavy (non-hydrogen) atoms. The molecule has 2 aromatic rings. The summed E-state index contributed by atoms with van der Waals surface area (Å²) < 4.78 is 67.8. The van der Waals surface area contributed by atoms with Crippen LogP contribution in [0.15, 0.2) is 23.2 Å². The summed E-state index contributed by atoms with van der Waals surface area (Å²) in [5, 5.41) is 4.24. The number of rotatable bonds is 5. The smallest absolute Gasteiger partial charge is 0.322 e. The highest BCUT2D eigenvalue weighted by Gasteiger charge is 2.80. The number of carbonyl (C=O) groups is 1. The van der Waals surface area contributed by atoms with Gasteiger partial charge >= 0.3 is 11.8 Å². The molecule has 0 N–H and O–H groups in total. The van der Waals surface area contributed by atoms with Gasteiger partial charge in [-0.15, -0.1) is 0 Å². The van der Waals surface area contributed by atoms with Crippen molar-refractivity contribution in [1.29, 1.82) is 0 Å². The van der Waals surface area contributed by atoms with E-state index >= 15 is 0 Å². The minimum absolute atomic E-state index is 0.00905. The maximum atomic E-state index is 14.3. The van der Waals surface area contributed by atoms with Gasteiger partial charge in [0.1, 0.15) is 10.8 Å². The van der Waals surface area contributed by atoms with Crippen LogP contribution in [0.4, 0.5) is 17.6 Å². The summed E-state index contributed by atoms with van der Waals surface area (Å²) in [6, 6.07) is 4.42. The Kier molecular flexibility index (Phi) is 5.87. The van der Waals surface area contributed by atoms with E-state index in [2.05, 4.69) is 10.1 Å². The Morgan fingerprint density at radius 1 is 1.41 bits per heavy atom. The number of hydrogen-bond acceptors (Lipinski definition) is 5. The van der Waals surface area contributed by atoms with Crippen molar-refractivity contribution in [2.75, 3.05) is 13.7 Å². The molecule has 1 saturated heterocycles. The van der Waals surface area contributed by atoms with E-state index in [0.717, 1.165) is 19.8 Å². The molecule has 1 unspecified atom stereocenters. The summed E-state index contributed by atoms with van der Waals surface area (Å²) in [7, 11) is 1.38. The van der Waals surface area contributed by atoms with E-state index < -0.39 is 29.6 Å². The second kappa shape index (κ2) is 8.11. The van der Waals surface area contributed by atoms with Gasteiger partial charge < -0.3 is 9.47 Å². The molecule has 2 fully saturated rings. The normalized spacial score (nSPS) is 26.7. The van der Waals surface area contributed by atoms with E-state index in [1.807, 2.05) is 0 Å². The molecule has 1 aromatic carbocycles.